The minimum atomic E-state index is 0.927. The number of imidazole rings is 1. The highest BCUT2D eigenvalue weighted by atomic mass is 32.2. The maximum atomic E-state index is 4.54. The van der Waals surface area contributed by atoms with Crippen LogP contribution in [-0.4, -0.2) is 15.8 Å². The van der Waals surface area contributed by atoms with E-state index in [1.807, 2.05) is 13.0 Å². The fourth-order valence-electron chi connectivity index (χ4n) is 1.93. The maximum absolute atomic E-state index is 4.54. The molecule has 0 unspecified atom stereocenters. The standard InChI is InChI=1S/C14H19N3S/c1-4-9-17-10-11(2)15-14(17)16-12-7-5-6-8-13(12)18-3/h5-8,10H,4,9H2,1-3H3,(H,15,16). The molecule has 18 heavy (non-hydrogen) atoms. The minimum Gasteiger partial charge on any atom is -0.325 e. The van der Waals surface area contributed by atoms with Gasteiger partial charge >= 0.3 is 0 Å². The summed E-state index contributed by atoms with van der Waals surface area (Å²) in [6.45, 7) is 5.19. The Morgan fingerprint density at radius 3 is 2.83 bits per heavy atom. The first-order valence-electron chi connectivity index (χ1n) is 6.18. The Morgan fingerprint density at radius 2 is 2.11 bits per heavy atom. The van der Waals surface area contributed by atoms with Crippen LogP contribution in [-0.2, 0) is 6.54 Å². The second-order valence-corrected chi connectivity index (χ2v) is 5.07. The summed E-state index contributed by atoms with van der Waals surface area (Å²) < 4.78 is 2.17. The fraction of sp³-hybridized carbons (Fsp3) is 0.357. The summed E-state index contributed by atoms with van der Waals surface area (Å²) in [6, 6.07) is 8.31. The molecule has 1 heterocycles. The zero-order chi connectivity index (χ0) is 13.0. The van der Waals surface area contributed by atoms with Gasteiger partial charge in [-0.1, -0.05) is 19.1 Å². The van der Waals surface area contributed by atoms with Gasteiger partial charge in [0, 0.05) is 17.6 Å². The molecule has 1 N–H and O–H groups in total. The van der Waals surface area contributed by atoms with Gasteiger partial charge in [0.25, 0.3) is 0 Å². The number of aryl methyl sites for hydroxylation is 2. The Balaban J connectivity index is 2.27. The molecule has 0 saturated carbocycles. The van der Waals surface area contributed by atoms with Crippen molar-refractivity contribution in [3.05, 3.63) is 36.2 Å². The van der Waals surface area contributed by atoms with Crippen LogP contribution in [0.1, 0.15) is 19.0 Å². The summed E-state index contributed by atoms with van der Waals surface area (Å²) in [5, 5.41) is 3.43. The molecule has 0 atom stereocenters. The third-order valence-corrected chi connectivity index (χ3v) is 3.51. The summed E-state index contributed by atoms with van der Waals surface area (Å²) in [5.41, 5.74) is 2.17. The highest BCUT2D eigenvalue weighted by molar-refractivity contribution is 7.98. The lowest BCUT2D eigenvalue weighted by atomic mass is 10.3. The second-order valence-electron chi connectivity index (χ2n) is 4.22. The first-order chi connectivity index (χ1) is 8.74. The predicted molar refractivity (Wildman–Crippen MR) is 78.8 cm³/mol. The first-order valence-corrected chi connectivity index (χ1v) is 7.41. The van der Waals surface area contributed by atoms with Gasteiger partial charge in [0.05, 0.1) is 11.4 Å². The van der Waals surface area contributed by atoms with Crippen LogP contribution in [0.4, 0.5) is 11.6 Å². The molecule has 1 aromatic carbocycles. The van der Waals surface area contributed by atoms with Gasteiger partial charge in [0.15, 0.2) is 0 Å². The number of hydrogen-bond donors (Lipinski definition) is 1. The van der Waals surface area contributed by atoms with E-state index in [1.54, 1.807) is 11.8 Å². The summed E-state index contributed by atoms with van der Waals surface area (Å²) in [4.78, 5) is 5.78. The van der Waals surface area contributed by atoms with Crippen molar-refractivity contribution < 1.29 is 0 Å². The first kappa shape index (κ1) is 13.0. The molecule has 1 aromatic heterocycles. The number of thioether (sulfide) groups is 1. The van der Waals surface area contributed by atoms with E-state index >= 15 is 0 Å². The van der Waals surface area contributed by atoms with Gasteiger partial charge < -0.3 is 9.88 Å². The van der Waals surface area contributed by atoms with Crippen molar-refractivity contribution in [2.45, 2.75) is 31.7 Å². The van der Waals surface area contributed by atoms with Gasteiger partial charge in [0.1, 0.15) is 0 Å². The van der Waals surface area contributed by atoms with Crippen molar-refractivity contribution in [1.29, 1.82) is 0 Å². The van der Waals surface area contributed by atoms with Crippen molar-refractivity contribution in [1.82, 2.24) is 9.55 Å². The normalized spacial score (nSPS) is 10.6. The van der Waals surface area contributed by atoms with E-state index in [2.05, 4.69) is 52.4 Å². The monoisotopic (exact) mass is 261 g/mol. The van der Waals surface area contributed by atoms with E-state index in [9.17, 15) is 0 Å². The van der Waals surface area contributed by atoms with Crippen LogP contribution >= 0.6 is 11.8 Å². The van der Waals surface area contributed by atoms with Crippen LogP contribution < -0.4 is 5.32 Å². The molecule has 0 aliphatic carbocycles. The zero-order valence-electron chi connectivity index (χ0n) is 11.1. The van der Waals surface area contributed by atoms with Crippen molar-refractivity contribution >= 4 is 23.4 Å². The van der Waals surface area contributed by atoms with E-state index in [4.69, 9.17) is 0 Å². The number of anilines is 2. The van der Waals surface area contributed by atoms with Gasteiger partial charge in [-0.3, -0.25) is 0 Å². The highest BCUT2D eigenvalue weighted by Crippen LogP contribution is 2.27. The predicted octanol–water partition coefficient (Wildman–Crippen LogP) is 4.07. The third-order valence-electron chi connectivity index (χ3n) is 2.71. The Bertz CT molecular complexity index is 520. The number of nitrogens with one attached hydrogen (secondary N) is 1. The lowest BCUT2D eigenvalue weighted by molar-refractivity contribution is 0.686. The third kappa shape index (κ3) is 2.88. The van der Waals surface area contributed by atoms with Crippen molar-refractivity contribution in [2.24, 2.45) is 0 Å². The Hall–Kier alpha value is -1.42. The maximum Gasteiger partial charge on any atom is 0.207 e. The molecule has 0 aliphatic heterocycles. The van der Waals surface area contributed by atoms with E-state index in [1.165, 1.54) is 4.90 Å². The molecule has 0 aliphatic rings. The van der Waals surface area contributed by atoms with Crippen LogP contribution in [0.3, 0.4) is 0 Å². The molecule has 0 amide bonds. The Kier molecular flexibility index (Phi) is 4.31. The average Bonchev–Trinajstić information content (AvgIpc) is 2.71. The molecule has 0 radical (unpaired) electrons. The quantitative estimate of drug-likeness (QED) is 0.823. The van der Waals surface area contributed by atoms with Crippen molar-refractivity contribution in [3.63, 3.8) is 0 Å². The molecular formula is C14H19N3S. The number of nitrogens with zero attached hydrogens (tertiary/aromatic N) is 2. The van der Waals surface area contributed by atoms with Crippen LogP contribution in [0.25, 0.3) is 0 Å². The van der Waals surface area contributed by atoms with Gasteiger partial charge in [-0.2, -0.15) is 0 Å². The number of hydrogen-bond acceptors (Lipinski definition) is 3. The second kappa shape index (κ2) is 5.96. The lowest BCUT2D eigenvalue weighted by Crippen LogP contribution is -2.03. The van der Waals surface area contributed by atoms with Crippen LogP contribution in [0.2, 0.25) is 0 Å². The topological polar surface area (TPSA) is 29.9 Å². The minimum absolute atomic E-state index is 0.927. The summed E-state index contributed by atoms with van der Waals surface area (Å²) in [6.07, 6.45) is 5.28. The lowest BCUT2D eigenvalue weighted by Gasteiger charge is -2.11. The highest BCUT2D eigenvalue weighted by Gasteiger charge is 2.07. The van der Waals surface area contributed by atoms with Crippen LogP contribution in [0.5, 0.6) is 0 Å². The summed E-state index contributed by atoms with van der Waals surface area (Å²) >= 11 is 1.74. The molecule has 0 spiro atoms. The van der Waals surface area contributed by atoms with Crippen LogP contribution in [0, 0.1) is 6.92 Å². The van der Waals surface area contributed by atoms with Crippen molar-refractivity contribution in [2.75, 3.05) is 11.6 Å². The molecule has 0 bridgehead atoms. The fourth-order valence-corrected chi connectivity index (χ4v) is 2.48. The van der Waals surface area contributed by atoms with E-state index in [0.717, 1.165) is 30.3 Å². The molecule has 0 saturated heterocycles. The SMILES string of the molecule is CCCn1cc(C)nc1Nc1ccccc1SC. The number of para-hydroxylation sites is 1. The largest absolute Gasteiger partial charge is 0.325 e. The Morgan fingerprint density at radius 1 is 1.33 bits per heavy atom. The summed E-state index contributed by atoms with van der Waals surface area (Å²) in [7, 11) is 0. The molecule has 96 valence electrons. The number of rotatable bonds is 5. The molecule has 0 fully saturated rings. The average molecular weight is 261 g/mol. The van der Waals surface area contributed by atoms with Crippen molar-refractivity contribution in [3.8, 4) is 0 Å². The van der Waals surface area contributed by atoms with Gasteiger partial charge in [-0.05, 0) is 31.7 Å². The van der Waals surface area contributed by atoms with E-state index in [-0.39, 0.29) is 0 Å². The van der Waals surface area contributed by atoms with E-state index in [0.29, 0.717) is 0 Å². The van der Waals surface area contributed by atoms with Gasteiger partial charge in [-0.15, -0.1) is 11.8 Å². The van der Waals surface area contributed by atoms with Gasteiger partial charge in [-0.25, -0.2) is 4.98 Å². The molecule has 2 aromatic rings. The zero-order valence-corrected chi connectivity index (χ0v) is 11.9. The number of aromatic nitrogens is 2. The molecule has 3 nitrogen and oxygen atoms in total. The van der Waals surface area contributed by atoms with Gasteiger partial charge in [0.2, 0.25) is 5.95 Å². The molecule has 2 rings (SSSR count). The van der Waals surface area contributed by atoms with E-state index < -0.39 is 0 Å². The van der Waals surface area contributed by atoms with Crippen LogP contribution in [0.15, 0.2) is 35.4 Å². The summed E-state index contributed by atoms with van der Waals surface area (Å²) in [5.74, 6) is 0.927. The molecular weight excluding hydrogens is 242 g/mol. The smallest absolute Gasteiger partial charge is 0.207 e. The molecule has 4 heteroatoms. The Labute approximate surface area is 113 Å². The number of benzene rings is 1.